The standard InChI is InChI=1S/C30H34N4O6/c1-3-4-5-9-12-25(35)31-18-22-13-14-24-23(17-22)27(37)34(20(2)32-24)30(16-15-26(36)33-28(30)38)29(39)40-19-21-10-7-6-8-11-21/h6-8,10-11,13-14,17H,3-5,9,12,15-16,18-19H2,1-2H3,(H,31,35)(H,33,36,38). The van der Waals surface area contributed by atoms with Gasteiger partial charge in [-0.25, -0.2) is 9.78 Å². The number of amides is 3. The van der Waals surface area contributed by atoms with Crippen molar-refractivity contribution in [1.29, 1.82) is 0 Å². The molecule has 4 rings (SSSR count). The lowest BCUT2D eigenvalue weighted by Gasteiger charge is -2.35. The van der Waals surface area contributed by atoms with Crippen molar-refractivity contribution in [2.45, 2.75) is 77.5 Å². The summed E-state index contributed by atoms with van der Waals surface area (Å²) in [6.07, 6.45) is 4.03. The maximum atomic E-state index is 13.9. The molecule has 210 valence electrons. The van der Waals surface area contributed by atoms with Gasteiger partial charge in [-0.05, 0) is 43.0 Å². The molecule has 1 aromatic heterocycles. The first-order valence-corrected chi connectivity index (χ1v) is 13.6. The van der Waals surface area contributed by atoms with Gasteiger partial charge in [0, 0.05) is 19.4 Å². The van der Waals surface area contributed by atoms with E-state index in [1.165, 1.54) is 6.92 Å². The Morgan fingerprint density at radius 1 is 1.05 bits per heavy atom. The summed E-state index contributed by atoms with van der Waals surface area (Å²) in [7, 11) is 0. The summed E-state index contributed by atoms with van der Waals surface area (Å²) in [6, 6.07) is 14.0. The Labute approximate surface area is 232 Å². The van der Waals surface area contributed by atoms with Gasteiger partial charge in [0.25, 0.3) is 11.5 Å². The van der Waals surface area contributed by atoms with Gasteiger partial charge in [-0.2, -0.15) is 0 Å². The molecule has 0 aliphatic carbocycles. The number of esters is 1. The lowest BCUT2D eigenvalue weighted by atomic mass is 9.87. The Bertz CT molecular complexity index is 1480. The minimum Gasteiger partial charge on any atom is -0.459 e. The molecule has 1 saturated heterocycles. The molecule has 0 bridgehead atoms. The molecule has 0 spiro atoms. The van der Waals surface area contributed by atoms with Gasteiger partial charge in [0.15, 0.2) is 0 Å². The highest BCUT2D eigenvalue weighted by Crippen LogP contribution is 2.30. The van der Waals surface area contributed by atoms with E-state index >= 15 is 0 Å². The van der Waals surface area contributed by atoms with E-state index in [4.69, 9.17) is 4.74 Å². The summed E-state index contributed by atoms with van der Waals surface area (Å²) in [5.41, 5.74) is -0.957. The van der Waals surface area contributed by atoms with Crippen molar-refractivity contribution in [3.05, 3.63) is 75.8 Å². The average Bonchev–Trinajstić information content (AvgIpc) is 2.95. The third kappa shape index (κ3) is 6.11. The van der Waals surface area contributed by atoms with Crippen LogP contribution >= 0.6 is 0 Å². The van der Waals surface area contributed by atoms with Crippen molar-refractivity contribution in [1.82, 2.24) is 20.2 Å². The second kappa shape index (κ2) is 12.7. The van der Waals surface area contributed by atoms with Crippen LogP contribution in [0.4, 0.5) is 0 Å². The van der Waals surface area contributed by atoms with Crippen LogP contribution in [0.1, 0.15) is 68.8 Å². The zero-order valence-electron chi connectivity index (χ0n) is 22.8. The van der Waals surface area contributed by atoms with Crippen molar-refractivity contribution < 1.29 is 23.9 Å². The number of hydrogen-bond donors (Lipinski definition) is 2. The SMILES string of the molecule is CCCCCCC(=O)NCc1ccc2nc(C)n(C3(C(=O)OCc4ccccc4)CCC(=O)NC3=O)c(=O)c2c1. The summed E-state index contributed by atoms with van der Waals surface area (Å²) in [6.45, 7) is 3.75. The number of ether oxygens (including phenoxy) is 1. The van der Waals surface area contributed by atoms with E-state index in [0.717, 1.165) is 30.3 Å². The molecule has 0 saturated carbocycles. The molecule has 10 nitrogen and oxygen atoms in total. The summed E-state index contributed by atoms with van der Waals surface area (Å²) in [5.74, 6) is -2.35. The smallest absolute Gasteiger partial charge is 0.342 e. The second-order valence-electron chi connectivity index (χ2n) is 10.0. The third-order valence-corrected chi connectivity index (χ3v) is 7.12. The number of benzene rings is 2. The number of nitrogens with zero attached hydrogens (tertiary/aromatic N) is 2. The molecule has 2 aromatic carbocycles. The van der Waals surface area contributed by atoms with E-state index in [2.05, 4.69) is 22.5 Å². The Balaban J connectivity index is 1.66. The van der Waals surface area contributed by atoms with E-state index < -0.39 is 28.9 Å². The second-order valence-corrected chi connectivity index (χ2v) is 10.0. The van der Waals surface area contributed by atoms with Gasteiger partial charge in [0.2, 0.25) is 17.4 Å². The van der Waals surface area contributed by atoms with Crippen LogP contribution in [0.5, 0.6) is 0 Å². The molecule has 1 atom stereocenters. The van der Waals surface area contributed by atoms with Crippen LogP contribution in [0.25, 0.3) is 10.9 Å². The maximum absolute atomic E-state index is 13.9. The number of aromatic nitrogens is 2. The molecule has 10 heteroatoms. The highest BCUT2D eigenvalue weighted by atomic mass is 16.5. The van der Waals surface area contributed by atoms with Gasteiger partial charge in [-0.1, -0.05) is 62.6 Å². The highest BCUT2D eigenvalue weighted by Gasteiger charge is 2.54. The molecule has 1 aliphatic heterocycles. The number of unbranched alkanes of at least 4 members (excludes halogenated alkanes) is 3. The minimum absolute atomic E-state index is 0.0701. The van der Waals surface area contributed by atoms with Crippen molar-refractivity contribution in [3.8, 4) is 0 Å². The zero-order chi connectivity index (χ0) is 28.7. The number of rotatable bonds is 11. The van der Waals surface area contributed by atoms with Crippen molar-refractivity contribution >= 4 is 34.6 Å². The zero-order valence-corrected chi connectivity index (χ0v) is 22.8. The first-order valence-electron chi connectivity index (χ1n) is 13.6. The first-order chi connectivity index (χ1) is 19.3. The summed E-state index contributed by atoms with van der Waals surface area (Å²) in [5, 5.41) is 5.26. The van der Waals surface area contributed by atoms with Crippen LogP contribution < -0.4 is 16.2 Å². The topological polar surface area (TPSA) is 136 Å². The predicted molar refractivity (Wildman–Crippen MR) is 148 cm³/mol. The Morgan fingerprint density at radius 3 is 2.55 bits per heavy atom. The summed E-state index contributed by atoms with van der Waals surface area (Å²) in [4.78, 5) is 69.6. The molecule has 1 fully saturated rings. The van der Waals surface area contributed by atoms with E-state index in [0.29, 0.717) is 23.1 Å². The monoisotopic (exact) mass is 546 g/mol. The fourth-order valence-electron chi connectivity index (χ4n) is 4.95. The molecule has 2 heterocycles. The molecule has 3 aromatic rings. The Morgan fingerprint density at radius 2 is 1.82 bits per heavy atom. The number of hydrogen-bond acceptors (Lipinski definition) is 7. The van der Waals surface area contributed by atoms with E-state index in [1.807, 2.05) is 6.07 Å². The number of piperidine rings is 1. The van der Waals surface area contributed by atoms with Crippen LogP contribution in [0, 0.1) is 6.92 Å². The summed E-state index contributed by atoms with van der Waals surface area (Å²) >= 11 is 0. The lowest BCUT2D eigenvalue weighted by molar-refractivity contribution is -0.164. The minimum atomic E-state index is -2.10. The third-order valence-electron chi connectivity index (χ3n) is 7.12. The number of imide groups is 1. The first kappa shape index (κ1) is 28.7. The molecular weight excluding hydrogens is 512 g/mol. The molecule has 1 aliphatic rings. The van der Waals surface area contributed by atoms with E-state index in [-0.39, 0.29) is 43.1 Å². The number of nitrogens with one attached hydrogen (secondary N) is 2. The fraction of sp³-hybridized carbons (Fsp3) is 0.400. The Hall–Kier alpha value is -4.34. The van der Waals surface area contributed by atoms with Crippen LogP contribution in [0.2, 0.25) is 0 Å². The number of aryl methyl sites for hydroxylation is 1. The molecule has 3 amide bonds. The highest BCUT2D eigenvalue weighted by molar-refractivity contribution is 6.13. The van der Waals surface area contributed by atoms with Crippen LogP contribution in [0.15, 0.2) is 53.3 Å². The van der Waals surface area contributed by atoms with E-state index in [9.17, 15) is 24.0 Å². The van der Waals surface area contributed by atoms with Gasteiger partial charge in [0.1, 0.15) is 12.4 Å². The Kier molecular flexibility index (Phi) is 9.08. The number of fused-ring (bicyclic) bond motifs is 1. The van der Waals surface area contributed by atoms with Crippen LogP contribution in [-0.4, -0.2) is 33.2 Å². The largest absolute Gasteiger partial charge is 0.459 e. The van der Waals surface area contributed by atoms with Gasteiger partial charge >= 0.3 is 5.97 Å². The van der Waals surface area contributed by atoms with Crippen molar-refractivity contribution in [3.63, 3.8) is 0 Å². The van der Waals surface area contributed by atoms with Gasteiger partial charge in [-0.15, -0.1) is 0 Å². The van der Waals surface area contributed by atoms with Gasteiger partial charge in [-0.3, -0.25) is 29.1 Å². The molecule has 0 radical (unpaired) electrons. The molecule has 2 N–H and O–H groups in total. The number of carbonyl (C=O) groups is 4. The van der Waals surface area contributed by atoms with Crippen molar-refractivity contribution in [2.24, 2.45) is 0 Å². The maximum Gasteiger partial charge on any atom is 0.342 e. The van der Waals surface area contributed by atoms with E-state index in [1.54, 1.807) is 42.5 Å². The van der Waals surface area contributed by atoms with Crippen LogP contribution in [-0.2, 0) is 42.6 Å². The van der Waals surface area contributed by atoms with Gasteiger partial charge < -0.3 is 10.1 Å². The molecule has 40 heavy (non-hydrogen) atoms. The summed E-state index contributed by atoms with van der Waals surface area (Å²) < 4.78 is 6.59. The number of carbonyl (C=O) groups excluding carboxylic acids is 4. The normalized spacial score (nSPS) is 16.9. The quantitative estimate of drug-likeness (QED) is 0.163. The lowest BCUT2D eigenvalue weighted by Crippen LogP contribution is -2.62. The fourth-order valence-corrected chi connectivity index (χ4v) is 4.95. The van der Waals surface area contributed by atoms with Crippen LogP contribution in [0.3, 0.4) is 0 Å². The van der Waals surface area contributed by atoms with Gasteiger partial charge in [0.05, 0.1) is 10.9 Å². The molecular formula is C30H34N4O6. The predicted octanol–water partition coefficient (Wildman–Crippen LogP) is 3.17. The average molecular weight is 547 g/mol. The molecule has 1 unspecified atom stereocenters. The van der Waals surface area contributed by atoms with Crippen molar-refractivity contribution in [2.75, 3.05) is 0 Å².